The summed E-state index contributed by atoms with van der Waals surface area (Å²) < 4.78 is 1.58. The molecule has 0 spiro atoms. The Hall–Kier alpha value is -2.24. The van der Waals surface area contributed by atoms with Crippen LogP contribution in [0.1, 0.15) is 10.5 Å². The third-order valence-electron chi connectivity index (χ3n) is 1.66. The van der Waals surface area contributed by atoms with Gasteiger partial charge in [0.15, 0.2) is 11.5 Å². The third kappa shape index (κ3) is 1.33. The fraction of sp³-hybridized carbons (Fsp3) is 0. The van der Waals surface area contributed by atoms with E-state index in [4.69, 9.17) is 5.73 Å². The zero-order valence-corrected chi connectivity index (χ0v) is 7.16. The Balaban J connectivity index is 2.58. The van der Waals surface area contributed by atoms with E-state index in [2.05, 4.69) is 15.0 Å². The van der Waals surface area contributed by atoms with Gasteiger partial charge in [0, 0.05) is 24.8 Å². The second-order valence-corrected chi connectivity index (χ2v) is 2.56. The summed E-state index contributed by atoms with van der Waals surface area (Å²) in [5.74, 6) is -0.223. The van der Waals surface area contributed by atoms with Gasteiger partial charge in [0.1, 0.15) is 6.33 Å². The molecule has 2 rings (SSSR count). The predicted octanol–water partition coefficient (Wildman–Crippen LogP) is -0.239. The number of carbonyl (C=O) groups excluding carboxylic acids is 1. The first-order valence-corrected chi connectivity index (χ1v) is 3.88. The van der Waals surface area contributed by atoms with Crippen LogP contribution in [0.4, 0.5) is 0 Å². The monoisotopic (exact) mass is 189 g/mol. The number of nitrogens with zero attached hydrogens (tertiary/aromatic N) is 4. The highest BCUT2D eigenvalue weighted by molar-refractivity contribution is 5.93. The summed E-state index contributed by atoms with van der Waals surface area (Å²) >= 11 is 0. The van der Waals surface area contributed by atoms with E-state index in [-0.39, 0.29) is 5.69 Å². The maximum absolute atomic E-state index is 11.0. The van der Waals surface area contributed by atoms with Crippen molar-refractivity contribution in [3.8, 4) is 5.82 Å². The first-order chi connectivity index (χ1) is 6.79. The Morgan fingerprint density at radius 3 is 2.71 bits per heavy atom. The molecule has 0 saturated carbocycles. The number of aromatic nitrogens is 4. The van der Waals surface area contributed by atoms with Gasteiger partial charge in [-0.05, 0) is 0 Å². The number of carbonyl (C=O) groups is 1. The summed E-state index contributed by atoms with van der Waals surface area (Å²) in [4.78, 5) is 22.7. The number of nitrogens with two attached hydrogens (primary N) is 1. The van der Waals surface area contributed by atoms with Crippen molar-refractivity contribution < 1.29 is 4.79 Å². The Bertz CT molecular complexity index is 451. The van der Waals surface area contributed by atoms with Gasteiger partial charge >= 0.3 is 0 Å². The molecule has 2 N–H and O–H groups in total. The molecule has 2 aromatic rings. The highest BCUT2D eigenvalue weighted by Gasteiger charge is 2.11. The summed E-state index contributed by atoms with van der Waals surface area (Å²) in [7, 11) is 0. The van der Waals surface area contributed by atoms with Crippen LogP contribution in [0.15, 0.2) is 31.1 Å². The summed E-state index contributed by atoms with van der Waals surface area (Å²) in [5, 5.41) is 0. The molecule has 0 aliphatic rings. The van der Waals surface area contributed by atoms with Crippen LogP contribution < -0.4 is 5.73 Å². The highest BCUT2D eigenvalue weighted by atomic mass is 16.1. The van der Waals surface area contributed by atoms with E-state index >= 15 is 0 Å². The fourth-order valence-electron chi connectivity index (χ4n) is 1.08. The average Bonchev–Trinajstić information content (AvgIpc) is 2.70. The molecule has 0 aliphatic heterocycles. The molecular formula is C8H7N5O. The molecule has 6 heteroatoms. The summed E-state index contributed by atoms with van der Waals surface area (Å²) in [6, 6.07) is 0. The van der Waals surface area contributed by atoms with Crippen LogP contribution in [0.3, 0.4) is 0 Å². The Morgan fingerprint density at radius 2 is 2.07 bits per heavy atom. The van der Waals surface area contributed by atoms with E-state index in [1.807, 2.05) is 0 Å². The topological polar surface area (TPSA) is 86.7 Å². The fourth-order valence-corrected chi connectivity index (χ4v) is 1.08. The second-order valence-electron chi connectivity index (χ2n) is 2.56. The molecule has 0 aliphatic carbocycles. The molecule has 1 amide bonds. The number of amides is 1. The van der Waals surface area contributed by atoms with Gasteiger partial charge in [0.2, 0.25) is 0 Å². The van der Waals surface area contributed by atoms with Gasteiger partial charge in [-0.3, -0.25) is 9.36 Å². The van der Waals surface area contributed by atoms with Crippen molar-refractivity contribution in [3.63, 3.8) is 0 Å². The molecule has 0 atom stereocenters. The lowest BCUT2D eigenvalue weighted by molar-refractivity contribution is 0.0995. The van der Waals surface area contributed by atoms with Crippen LogP contribution in [0.5, 0.6) is 0 Å². The van der Waals surface area contributed by atoms with Crippen molar-refractivity contribution >= 4 is 5.91 Å². The predicted molar refractivity (Wildman–Crippen MR) is 47.7 cm³/mol. The molecule has 14 heavy (non-hydrogen) atoms. The SMILES string of the molecule is NC(=O)c1nccnc1-n1ccnc1. The van der Waals surface area contributed by atoms with Crippen molar-refractivity contribution in [2.45, 2.75) is 0 Å². The largest absolute Gasteiger partial charge is 0.364 e. The normalized spacial score (nSPS) is 10.0. The van der Waals surface area contributed by atoms with Crippen LogP contribution in [0, 0.1) is 0 Å². The first-order valence-electron chi connectivity index (χ1n) is 3.88. The van der Waals surface area contributed by atoms with Crippen molar-refractivity contribution in [2.75, 3.05) is 0 Å². The molecule has 0 bridgehead atoms. The van der Waals surface area contributed by atoms with Gasteiger partial charge in [-0.25, -0.2) is 15.0 Å². The number of hydrogen-bond donors (Lipinski definition) is 1. The first kappa shape index (κ1) is 8.36. The smallest absolute Gasteiger partial charge is 0.271 e. The van der Waals surface area contributed by atoms with Crippen LogP contribution in [-0.2, 0) is 0 Å². The quantitative estimate of drug-likeness (QED) is 0.706. The molecule has 2 aromatic heterocycles. The minimum atomic E-state index is -0.609. The van der Waals surface area contributed by atoms with Gasteiger partial charge in [-0.2, -0.15) is 0 Å². The number of hydrogen-bond acceptors (Lipinski definition) is 4. The maximum Gasteiger partial charge on any atom is 0.271 e. The van der Waals surface area contributed by atoms with Crippen molar-refractivity contribution in [3.05, 3.63) is 36.8 Å². The molecule has 0 fully saturated rings. The number of rotatable bonds is 2. The van der Waals surface area contributed by atoms with E-state index in [1.165, 1.54) is 18.7 Å². The molecule has 0 unspecified atom stereocenters. The van der Waals surface area contributed by atoms with E-state index in [9.17, 15) is 4.79 Å². The Labute approximate surface area is 79.4 Å². The third-order valence-corrected chi connectivity index (χ3v) is 1.66. The van der Waals surface area contributed by atoms with E-state index < -0.39 is 5.91 Å². The van der Waals surface area contributed by atoms with Crippen LogP contribution in [0.2, 0.25) is 0 Å². The standard InChI is InChI=1S/C8H7N5O/c9-7(14)6-8(12-2-1-11-6)13-4-3-10-5-13/h1-5H,(H2,9,14). The van der Waals surface area contributed by atoms with Gasteiger partial charge < -0.3 is 5.73 Å². The number of imidazole rings is 1. The molecule has 0 radical (unpaired) electrons. The number of primary amides is 1. The zero-order chi connectivity index (χ0) is 9.97. The van der Waals surface area contributed by atoms with Gasteiger partial charge in [0.25, 0.3) is 5.91 Å². The van der Waals surface area contributed by atoms with Crippen molar-refractivity contribution in [1.82, 2.24) is 19.5 Å². The lowest BCUT2D eigenvalue weighted by atomic mass is 10.4. The minimum absolute atomic E-state index is 0.130. The van der Waals surface area contributed by atoms with Gasteiger partial charge in [-0.1, -0.05) is 0 Å². The summed E-state index contributed by atoms with van der Waals surface area (Å²) in [6.45, 7) is 0. The molecule has 0 saturated heterocycles. The molecule has 70 valence electrons. The average molecular weight is 189 g/mol. The van der Waals surface area contributed by atoms with E-state index in [1.54, 1.807) is 17.0 Å². The molecular weight excluding hydrogens is 182 g/mol. The Kier molecular flexibility index (Phi) is 1.94. The lowest BCUT2D eigenvalue weighted by Crippen LogP contribution is -2.17. The molecule has 6 nitrogen and oxygen atoms in total. The lowest BCUT2D eigenvalue weighted by Gasteiger charge is -2.03. The van der Waals surface area contributed by atoms with E-state index in [0.29, 0.717) is 5.82 Å². The van der Waals surface area contributed by atoms with Crippen LogP contribution in [0.25, 0.3) is 5.82 Å². The van der Waals surface area contributed by atoms with Crippen molar-refractivity contribution in [2.24, 2.45) is 5.73 Å². The maximum atomic E-state index is 11.0. The summed E-state index contributed by atoms with van der Waals surface area (Å²) in [6.07, 6.45) is 7.68. The minimum Gasteiger partial charge on any atom is -0.364 e. The highest BCUT2D eigenvalue weighted by Crippen LogP contribution is 2.06. The molecule has 2 heterocycles. The molecule has 0 aromatic carbocycles. The Morgan fingerprint density at radius 1 is 1.29 bits per heavy atom. The van der Waals surface area contributed by atoms with Crippen LogP contribution in [-0.4, -0.2) is 25.4 Å². The van der Waals surface area contributed by atoms with Crippen LogP contribution >= 0.6 is 0 Å². The van der Waals surface area contributed by atoms with E-state index in [0.717, 1.165) is 0 Å². The second kappa shape index (κ2) is 3.25. The van der Waals surface area contributed by atoms with Crippen molar-refractivity contribution in [1.29, 1.82) is 0 Å². The zero-order valence-electron chi connectivity index (χ0n) is 7.16. The summed E-state index contributed by atoms with van der Waals surface area (Å²) in [5.41, 5.74) is 5.28. The van der Waals surface area contributed by atoms with Gasteiger partial charge in [-0.15, -0.1) is 0 Å². The van der Waals surface area contributed by atoms with Gasteiger partial charge in [0.05, 0.1) is 0 Å².